The number of methoxy groups -OCH3 is 2. The lowest BCUT2D eigenvalue weighted by Crippen LogP contribution is -2.19. The molecule has 1 saturated heterocycles. The van der Waals surface area contributed by atoms with E-state index in [1.807, 2.05) is 0 Å². The average Bonchev–Trinajstić information content (AvgIpc) is 3.00. The fourth-order valence-corrected chi connectivity index (χ4v) is 3.28. The lowest BCUT2D eigenvalue weighted by atomic mass is 10.1. The number of carbonyl (C=O) groups is 1. The van der Waals surface area contributed by atoms with E-state index in [9.17, 15) is 18.0 Å². The van der Waals surface area contributed by atoms with Crippen molar-refractivity contribution in [3.63, 3.8) is 0 Å². The number of carbonyl (C=O) groups excluding carboxylic acids is 1. The quantitative estimate of drug-likeness (QED) is 0.751. The maximum Gasteiger partial charge on any atom is 0.416 e. The normalized spacial score (nSPS) is 17.1. The Bertz CT molecular complexity index is 971. The molecule has 0 bridgehead atoms. The van der Waals surface area contributed by atoms with E-state index >= 15 is 0 Å². The van der Waals surface area contributed by atoms with Gasteiger partial charge < -0.3 is 14.8 Å². The topological polar surface area (TPSA) is 59.9 Å². The summed E-state index contributed by atoms with van der Waals surface area (Å²) in [4.78, 5) is 16.7. The van der Waals surface area contributed by atoms with Crippen molar-refractivity contribution >= 4 is 34.6 Å². The maximum absolute atomic E-state index is 12.8. The van der Waals surface area contributed by atoms with Gasteiger partial charge >= 0.3 is 6.18 Å². The number of nitrogens with zero attached hydrogens (tertiary/aromatic N) is 1. The van der Waals surface area contributed by atoms with Gasteiger partial charge in [-0.3, -0.25) is 4.79 Å². The molecule has 1 amide bonds. The molecule has 0 spiro atoms. The van der Waals surface area contributed by atoms with Crippen molar-refractivity contribution in [2.45, 2.75) is 6.18 Å². The van der Waals surface area contributed by atoms with Gasteiger partial charge in [-0.25, -0.2) is 4.99 Å². The van der Waals surface area contributed by atoms with Crippen molar-refractivity contribution in [3.05, 3.63) is 58.5 Å². The van der Waals surface area contributed by atoms with Gasteiger partial charge in [-0.2, -0.15) is 13.2 Å². The lowest BCUT2D eigenvalue weighted by molar-refractivity contribution is -0.137. The summed E-state index contributed by atoms with van der Waals surface area (Å²) in [6.45, 7) is 0. The first-order valence-corrected chi connectivity index (χ1v) is 8.80. The smallest absolute Gasteiger partial charge is 0.416 e. The Morgan fingerprint density at radius 1 is 1.11 bits per heavy atom. The SMILES string of the molecule is COc1ccc(OC)c(C=C2SC(=Nc3cccc(C(F)(F)F)c3)NC2=O)c1. The molecular weight excluding hydrogens is 393 g/mol. The number of hydrogen-bond donors (Lipinski definition) is 1. The highest BCUT2D eigenvalue weighted by Crippen LogP contribution is 2.34. The van der Waals surface area contributed by atoms with E-state index in [-0.39, 0.29) is 10.9 Å². The number of benzene rings is 2. The van der Waals surface area contributed by atoms with E-state index in [1.165, 1.54) is 26.4 Å². The highest BCUT2D eigenvalue weighted by atomic mass is 32.2. The molecule has 1 fully saturated rings. The summed E-state index contributed by atoms with van der Waals surface area (Å²) in [5, 5.41) is 2.74. The van der Waals surface area contributed by atoms with Crippen LogP contribution in [-0.2, 0) is 11.0 Å². The number of hydrogen-bond acceptors (Lipinski definition) is 5. The van der Waals surface area contributed by atoms with Crippen LogP contribution in [0.15, 0.2) is 52.4 Å². The molecule has 1 aliphatic heterocycles. The third-order valence-corrected chi connectivity index (χ3v) is 4.69. The van der Waals surface area contributed by atoms with Crippen LogP contribution in [-0.4, -0.2) is 25.3 Å². The van der Waals surface area contributed by atoms with Gasteiger partial charge in [-0.1, -0.05) is 6.07 Å². The molecule has 5 nitrogen and oxygen atoms in total. The Kier molecular flexibility index (Phi) is 5.64. The van der Waals surface area contributed by atoms with E-state index in [4.69, 9.17) is 9.47 Å². The third-order valence-electron chi connectivity index (χ3n) is 3.78. The number of thioether (sulfide) groups is 1. The molecule has 0 radical (unpaired) electrons. The van der Waals surface area contributed by atoms with Crippen LogP contribution in [0.4, 0.5) is 18.9 Å². The monoisotopic (exact) mass is 408 g/mol. The van der Waals surface area contributed by atoms with Crippen LogP contribution in [0.2, 0.25) is 0 Å². The zero-order chi connectivity index (χ0) is 20.3. The van der Waals surface area contributed by atoms with Crippen LogP contribution in [0.25, 0.3) is 6.08 Å². The van der Waals surface area contributed by atoms with Crippen molar-refractivity contribution < 1.29 is 27.4 Å². The molecular formula is C19H15F3N2O3S. The zero-order valence-electron chi connectivity index (χ0n) is 14.8. The maximum atomic E-state index is 12.8. The number of amides is 1. The van der Waals surface area contributed by atoms with Crippen LogP contribution in [0.3, 0.4) is 0 Å². The lowest BCUT2D eigenvalue weighted by Gasteiger charge is -2.07. The third kappa shape index (κ3) is 4.48. The highest BCUT2D eigenvalue weighted by Gasteiger charge is 2.30. The summed E-state index contributed by atoms with van der Waals surface area (Å²) in [6.07, 6.45) is -2.85. The molecule has 3 rings (SSSR count). The fourth-order valence-electron chi connectivity index (χ4n) is 2.44. The van der Waals surface area contributed by atoms with E-state index in [0.29, 0.717) is 22.0 Å². The molecule has 2 aromatic rings. The summed E-state index contributed by atoms with van der Waals surface area (Å²) in [7, 11) is 3.03. The van der Waals surface area contributed by atoms with Gasteiger partial charge in [0.1, 0.15) is 11.5 Å². The first kappa shape index (κ1) is 19.8. The summed E-state index contributed by atoms with van der Waals surface area (Å²) in [5.74, 6) is 0.736. The minimum absolute atomic E-state index is 0.0952. The molecule has 0 aliphatic carbocycles. The molecule has 146 valence electrons. The number of ether oxygens (including phenoxy) is 2. The van der Waals surface area contributed by atoms with Gasteiger partial charge in [0.05, 0.1) is 30.4 Å². The van der Waals surface area contributed by atoms with Crippen LogP contribution in [0.1, 0.15) is 11.1 Å². The molecule has 1 N–H and O–H groups in total. The van der Waals surface area contributed by atoms with Crippen molar-refractivity contribution in [1.82, 2.24) is 5.32 Å². The molecule has 2 aromatic carbocycles. The Morgan fingerprint density at radius 2 is 1.89 bits per heavy atom. The number of aliphatic imine (C=N–C) groups is 1. The summed E-state index contributed by atoms with van der Waals surface area (Å²) >= 11 is 1.03. The minimum atomic E-state index is -4.46. The Labute approximate surface area is 163 Å². The van der Waals surface area contributed by atoms with Crippen molar-refractivity contribution in [2.24, 2.45) is 4.99 Å². The van der Waals surface area contributed by atoms with Crippen molar-refractivity contribution in [3.8, 4) is 11.5 Å². The van der Waals surface area contributed by atoms with Gasteiger partial charge in [-0.15, -0.1) is 0 Å². The van der Waals surface area contributed by atoms with Gasteiger partial charge in [0.15, 0.2) is 5.17 Å². The molecule has 1 heterocycles. The van der Waals surface area contributed by atoms with E-state index in [0.717, 1.165) is 23.9 Å². The largest absolute Gasteiger partial charge is 0.497 e. The average molecular weight is 408 g/mol. The molecule has 0 aromatic heterocycles. The molecule has 9 heteroatoms. The fraction of sp³-hybridized carbons (Fsp3) is 0.158. The van der Waals surface area contributed by atoms with Crippen LogP contribution >= 0.6 is 11.8 Å². The number of nitrogens with one attached hydrogen (secondary N) is 1. The highest BCUT2D eigenvalue weighted by molar-refractivity contribution is 8.18. The molecule has 1 aliphatic rings. The number of amidine groups is 1. The van der Waals surface area contributed by atoms with Crippen molar-refractivity contribution in [2.75, 3.05) is 14.2 Å². The van der Waals surface area contributed by atoms with E-state index < -0.39 is 17.6 Å². The van der Waals surface area contributed by atoms with Crippen LogP contribution < -0.4 is 14.8 Å². The minimum Gasteiger partial charge on any atom is -0.497 e. The van der Waals surface area contributed by atoms with E-state index in [2.05, 4.69) is 10.3 Å². The Morgan fingerprint density at radius 3 is 2.57 bits per heavy atom. The van der Waals surface area contributed by atoms with Gasteiger partial charge in [0.2, 0.25) is 0 Å². The summed E-state index contributed by atoms with van der Waals surface area (Å²) in [6, 6.07) is 9.73. The molecule has 0 unspecified atom stereocenters. The van der Waals surface area contributed by atoms with Gasteiger partial charge in [0.25, 0.3) is 5.91 Å². The summed E-state index contributed by atoms with van der Waals surface area (Å²) in [5.41, 5.74) is -0.0850. The molecule has 0 saturated carbocycles. The van der Waals surface area contributed by atoms with Crippen LogP contribution in [0, 0.1) is 0 Å². The van der Waals surface area contributed by atoms with E-state index in [1.54, 1.807) is 24.3 Å². The predicted molar refractivity (Wildman–Crippen MR) is 102 cm³/mol. The van der Waals surface area contributed by atoms with Crippen molar-refractivity contribution in [1.29, 1.82) is 0 Å². The first-order chi connectivity index (χ1) is 13.3. The van der Waals surface area contributed by atoms with Gasteiger partial charge in [0, 0.05) is 5.56 Å². The predicted octanol–water partition coefficient (Wildman–Crippen LogP) is 4.61. The number of alkyl halides is 3. The van der Waals surface area contributed by atoms with Gasteiger partial charge in [-0.05, 0) is 54.2 Å². The number of halogens is 3. The first-order valence-electron chi connectivity index (χ1n) is 7.99. The second kappa shape index (κ2) is 7.97. The summed E-state index contributed by atoms with van der Waals surface area (Å²) < 4.78 is 48.9. The van der Waals surface area contributed by atoms with Crippen LogP contribution in [0.5, 0.6) is 11.5 Å². The second-order valence-electron chi connectivity index (χ2n) is 5.64. The Balaban J connectivity index is 1.88. The Hall–Kier alpha value is -2.94. The molecule has 28 heavy (non-hydrogen) atoms. The standard InChI is InChI=1S/C19H15F3N2O3S/c1-26-14-6-7-15(27-2)11(8-14)9-16-17(25)24-18(28-16)23-13-5-3-4-12(10-13)19(20,21)22/h3-10H,1-2H3,(H,23,24,25). The number of rotatable bonds is 4. The molecule has 0 atom stereocenters. The second-order valence-corrected chi connectivity index (χ2v) is 6.67. The zero-order valence-corrected chi connectivity index (χ0v) is 15.6.